The summed E-state index contributed by atoms with van der Waals surface area (Å²) in [5.41, 5.74) is 1.57. The van der Waals surface area contributed by atoms with Gasteiger partial charge in [0.1, 0.15) is 5.69 Å². The highest BCUT2D eigenvalue weighted by Gasteiger charge is 2.28. The predicted molar refractivity (Wildman–Crippen MR) is 100 cm³/mol. The third-order valence-corrected chi connectivity index (χ3v) is 5.92. The Hall–Kier alpha value is -2.41. The van der Waals surface area contributed by atoms with Gasteiger partial charge in [0.25, 0.3) is 5.91 Å². The SMILES string of the molecule is CN(C(=O)c1ccn(C)n1)C1CCN(c2nc3ccccc3s2)CC1. The van der Waals surface area contributed by atoms with E-state index in [9.17, 15) is 4.79 Å². The zero-order valence-corrected chi connectivity index (χ0v) is 15.2. The molecule has 25 heavy (non-hydrogen) atoms. The molecule has 0 radical (unpaired) electrons. The van der Waals surface area contributed by atoms with Crippen molar-refractivity contribution in [1.29, 1.82) is 0 Å². The van der Waals surface area contributed by atoms with Crippen molar-refractivity contribution in [3.8, 4) is 0 Å². The molecule has 0 atom stereocenters. The van der Waals surface area contributed by atoms with Crippen LogP contribution in [-0.2, 0) is 7.05 Å². The first-order valence-corrected chi connectivity index (χ1v) is 9.31. The maximum Gasteiger partial charge on any atom is 0.274 e. The van der Waals surface area contributed by atoms with E-state index >= 15 is 0 Å². The van der Waals surface area contributed by atoms with Gasteiger partial charge in [-0.15, -0.1) is 0 Å². The summed E-state index contributed by atoms with van der Waals surface area (Å²) in [5, 5.41) is 5.30. The number of fused-ring (bicyclic) bond motifs is 1. The first-order valence-electron chi connectivity index (χ1n) is 8.49. The Bertz CT molecular complexity index is 861. The minimum Gasteiger partial charge on any atom is -0.348 e. The van der Waals surface area contributed by atoms with Gasteiger partial charge in [0.15, 0.2) is 5.13 Å². The Morgan fingerprint density at radius 2 is 2.00 bits per heavy atom. The summed E-state index contributed by atoms with van der Waals surface area (Å²) in [6.45, 7) is 1.84. The molecule has 4 rings (SSSR count). The lowest BCUT2D eigenvalue weighted by atomic mass is 10.0. The summed E-state index contributed by atoms with van der Waals surface area (Å²) >= 11 is 1.74. The van der Waals surface area contributed by atoms with E-state index in [-0.39, 0.29) is 11.9 Å². The smallest absolute Gasteiger partial charge is 0.274 e. The molecule has 1 amide bonds. The number of carbonyl (C=O) groups excluding carboxylic acids is 1. The molecule has 0 saturated carbocycles. The van der Waals surface area contributed by atoms with Gasteiger partial charge in [-0.1, -0.05) is 23.5 Å². The quantitative estimate of drug-likeness (QED) is 0.725. The van der Waals surface area contributed by atoms with E-state index in [1.54, 1.807) is 28.3 Å². The zero-order valence-electron chi connectivity index (χ0n) is 14.4. The van der Waals surface area contributed by atoms with Crippen LogP contribution in [-0.4, -0.2) is 51.8 Å². The number of carbonyl (C=O) groups is 1. The van der Waals surface area contributed by atoms with Gasteiger partial charge in [0.2, 0.25) is 0 Å². The molecule has 3 aromatic rings. The first kappa shape index (κ1) is 16.1. The van der Waals surface area contributed by atoms with Gasteiger partial charge in [-0.3, -0.25) is 9.48 Å². The Labute approximate surface area is 150 Å². The van der Waals surface area contributed by atoms with Gasteiger partial charge in [-0.05, 0) is 31.0 Å². The second-order valence-electron chi connectivity index (χ2n) is 6.47. The highest BCUT2D eigenvalue weighted by molar-refractivity contribution is 7.22. The Kier molecular flexibility index (Phi) is 4.17. The predicted octanol–water partition coefficient (Wildman–Crippen LogP) is 2.77. The molecule has 1 saturated heterocycles. The van der Waals surface area contributed by atoms with Crippen LogP contribution in [0.1, 0.15) is 23.3 Å². The van der Waals surface area contributed by atoms with E-state index in [2.05, 4.69) is 28.2 Å². The monoisotopic (exact) mass is 355 g/mol. The highest BCUT2D eigenvalue weighted by atomic mass is 32.1. The van der Waals surface area contributed by atoms with E-state index in [0.717, 1.165) is 36.6 Å². The Balaban J connectivity index is 1.41. The number of amides is 1. The molecule has 2 aromatic heterocycles. The number of anilines is 1. The van der Waals surface area contributed by atoms with Crippen LogP contribution in [0.2, 0.25) is 0 Å². The largest absolute Gasteiger partial charge is 0.348 e. The van der Waals surface area contributed by atoms with Crippen LogP contribution < -0.4 is 4.90 Å². The van der Waals surface area contributed by atoms with E-state index in [1.807, 2.05) is 25.1 Å². The van der Waals surface area contributed by atoms with Crippen LogP contribution in [0.4, 0.5) is 5.13 Å². The lowest BCUT2D eigenvalue weighted by Crippen LogP contribution is -2.45. The fourth-order valence-electron chi connectivity index (χ4n) is 3.32. The third-order valence-electron chi connectivity index (χ3n) is 4.82. The molecule has 0 N–H and O–H groups in total. The number of rotatable bonds is 3. The lowest BCUT2D eigenvalue weighted by molar-refractivity contribution is 0.0702. The number of aryl methyl sites for hydroxylation is 1. The fraction of sp³-hybridized carbons (Fsp3) is 0.389. The summed E-state index contributed by atoms with van der Waals surface area (Å²) in [6, 6.07) is 10.3. The molecule has 0 aliphatic carbocycles. The number of thiazole rings is 1. The summed E-state index contributed by atoms with van der Waals surface area (Å²) in [5.74, 6) is -0.000892. The molecular formula is C18H21N5OS. The van der Waals surface area contributed by atoms with Gasteiger partial charge >= 0.3 is 0 Å². The van der Waals surface area contributed by atoms with E-state index in [0.29, 0.717) is 5.69 Å². The van der Waals surface area contributed by atoms with E-state index in [1.165, 1.54) is 4.70 Å². The molecule has 1 aromatic carbocycles. The maximum atomic E-state index is 12.6. The molecule has 3 heterocycles. The second-order valence-corrected chi connectivity index (χ2v) is 7.48. The normalized spacial score (nSPS) is 15.7. The summed E-state index contributed by atoms with van der Waals surface area (Å²) < 4.78 is 2.89. The van der Waals surface area contributed by atoms with Crippen molar-refractivity contribution in [2.24, 2.45) is 7.05 Å². The van der Waals surface area contributed by atoms with Crippen molar-refractivity contribution in [1.82, 2.24) is 19.7 Å². The van der Waals surface area contributed by atoms with Crippen molar-refractivity contribution in [2.75, 3.05) is 25.0 Å². The average Bonchev–Trinajstić information content (AvgIpc) is 3.26. The number of nitrogens with zero attached hydrogens (tertiary/aromatic N) is 5. The third kappa shape index (κ3) is 3.11. The van der Waals surface area contributed by atoms with Crippen LogP contribution >= 0.6 is 11.3 Å². The molecule has 0 unspecified atom stereocenters. The van der Waals surface area contributed by atoms with Crippen molar-refractivity contribution >= 4 is 32.6 Å². The van der Waals surface area contributed by atoms with Gasteiger partial charge < -0.3 is 9.80 Å². The van der Waals surface area contributed by atoms with E-state index < -0.39 is 0 Å². The number of aromatic nitrogens is 3. The molecular weight excluding hydrogens is 334 g/mol. The number of piperidine rings is 1. The van der Waals surface area contributed by atoms with Crippen molar-refractivity contribution in [3.05, 3.63) is 42.2 Å². The molecule has 0 spiro atoms. The molecule has 130 valence electrons. The second kappa shape index (κ2) is 6.48. The summed E-state index contributed by atoms with van der Waals surface area (Å²) in [4.78, 5) is 21.5. The molecule has 6 nitrogen and oxygen atoms in total. The van der Waals surface area contributed by atoms with Crippen LogP contribution in [0.5, 0.6) is 0 Å². The van der Waals surface area contributed by atoms with Gasteiger partial charge in [-0.25, -0.2) is 4.98 Å². The zero-order chi connectivity index (χ0) is 17.4. The molecule has 1 aliphatic heterocycles. The standard InChI is InChI=1S/C18H21N5OS/c1-21-10-9-15(20-21)17(24)22(2)13-7-11-23(12-8-13)18-19-14-5-3-4-6-16(14)25-18/h3-6,9-10,13H,7-8,11-12H2,1-2H3. The van der Waals surface area contributed by atoms with Crippen molar-refractivity contribution < 1.29 is 4.79 Å². The van der Waals surface area contributed by atoms with Gasteiger partial charge in [0, 0.05) is 39.4 Å². The fourth-order valence-corrected chi connectivity index (χ4v) is 4.33. The van der Waals surface area contributed by atoms with Gasteiger partial charge in [0.05, 0.1) is 10.2 Å². The summed E-state index contributed by atoms with van der Waals surface area (Å²) in [7, 11) is 3.71. The van der Waals surface area contributed by atoms with Crippen molar-refractivity contribution in [2.45, 2.75) is 18.9 Å². The number of hydrogen-bond acceptors (Lipinski definition) is 5. The Morgan fingerprint density at radius 3 is 2.68 bits per heavy atom. The minimum absolute atomic E-state index is 0.000892. The van der Waals surface area contributed by atoms with Crippen LogP contribution in [0.15, 0.2) is 36.5 Å². The topological polar surface area (TPSA) is 54.3 Å². The van der Waals surface area contributed by atoms with Crippen molar-refractivity contribution in [3.63, 3.8) is 0 Å². The molecule has 7 heteroatoms. The first-order chi connectivity index (χ1) is 12.1. The van der Waals surface area contributed by atoms with Crippen LogP contribution in [0.25, 0.3) is 10.2 Å². The summed E-state index contributed by atoms with van der Waals surface area (Å²) in [6.07, 6.45) is 3.70. The number of para-hydroxylation sites is 1. The van der Waals surface area contributed by atoms with Crippen LogP contribution in [0.3, 0.4) is 0 Å². The average molecular weight is 355 g/mol. The molecule has 0 bridgehead atoms. The van der Waals surface area contributed by atoms with Crippen LogP contribution in [0, 0.1) is 0 Å². The molecule has 1 fully saturated rings. The lowest BCUT2D eigenvalue weighted by Gasteiger charge is -2.36. The Morgan fingerprint density at radius 1 is 1.24 bits per heavy atom. The van der Waals surface area contributed by atoms with E-state index in [4.69, 9.17) is 4.98 Å². The molecule has 1 aliphatic rings. The minimum atomic E-state index is -0.000892. The number of hydrogen-bond donors (Lipinski definition) is 0. The number of benzene rings is 1. The highest BCUT2D eigenvalue weighted by Crippen LogP contribution is 2.31. The maximum absolute atomic E-state index is 12.6. The van der Waals surface area contributed by atoms with Gasteiger partial charge in [-0.2, -0.15) is 5.10 Å².